The number of thioether (sulfide) groups is 1. The summed E-state index contributed by atoms with van der Waals surface area (Å²) in [6.07, 6.45) is 1.67. The van der Waals surface area contributed by atoms with Gasteiger partial charge in [0, 0.05) is 12.3 Å². The van der Waals surface area contributed by atoms with E-state index in [1.807, 2.05) is 35.7 Å². The molecule has 2 heterocycles. The molecule has 0 spiro atoms. The maximum Gasteiger partial charge on any atom is 0.230 e. The van der Waals surface area contributed by atoms with E-state index in [1.165, 1.54) is 11.1 Å². The van der Waals surface area contributed by atoms with Gasteiger partial charge >= 0.3 is 0 Å². The normalized spacial score (nSPS) is 12.0. The van der Waals surface area contributed by atoms with E-state index < -0.39 is 0 Å². The summed E-state index contributed by atoms with van der Waals surface area (Å²) in [5, 5.41) is 7.18. The van der Waals surface area contributed by atoms with E-state index in [1.54, 1.807) is 29.4 Å². The summed E-state index contributed by atoms with van der Waals surface area (Å²) < 4.78 is 5.54. The van der Waals surface area contributed by atoms with Crippen LogP contribution in [0.4, 0.5) is 0 Å². The van der Waals surface area contributed by atoms with E-state index in [4.69, 9.17) is 4.42 Å². The molecule has 24 heavy (non-hydrogen) atoms. The molecule has 0 aliphatic heterocycles. The second-order valence-corrected chi connectivity index (χ2v) is 7.17. The summed E-state index contributed by atoms with van der Waals surface area (Å²) in [7, 11) is 0. The first-order valence-corrected chi connectivity index (χ1v) is 9.86. The van der Waals surface area contributed by atoms with E-state index >= 15 is 0 Å². The lowest BCUT2D eigenvalue weighted by molar-refractivity contribution is -0.118. The molecule has 1 amide bonds. The van der Waals surface area contributed by atoms with Crippen LogP contribution in [0, 0.1) is 0 Å². The highest BCUT2D eigenvalue weighted by molar-refractivity contribution is 7.99. The van der Waals surface area contributed by atoms with Crippen molar-refractivity contribution in [1.29, 1.82) is 0 Å². The van der Waals surface area contributed by atoms with Crippen molar-refractivity contribution in [2.24, 2.45) is 0 Å². The molecule has 1 unspecified atom stereocenters. The first kappa shape index (κ1) is 16.9. The Bertz CT molecular complexity index is 690. The number of amides is 1. The number of furan rings is 1. The summed E-state index contributed by atoms with van der Waals surface area (Å²) in [5.74, 6) is 2.31. The maximum absolute atomic E-state index is 12.1. The van der Waals surface area contributed by atoms with Crippen LogP contribution in [-0.2, 0) is 10.5 Å². The topological polar surface area (TPSA) is 42.2 Å². The molecule has 3 aromatic rings. The second kappa shape index (κ2) is 8.76. The van der Waals surface area contributed by atoms with E-state index in [0.29, 0.717) is 12.3 Å². The third-order valence-corrected chi connectivity index (χ3v) is 5.39. The van der Waals surface area contributed by atoms with E-state index in [-0.39, 0.29) is 11.8 Å². The minimum Gasteiger partial charge on any atom is -0.469 e. The van der Waals surface area contributed by atoms with Crippen molar-refractivity contribution in [2.75, 3.05) is 12.3 Å². The van der Waals surface area contributed by atoms with Crippen LogP contribution in [0.3, 0.4) is 0 Å². The number of thiophene rings is 1. The first-order valence-electron chi connectivity index (χ1n) is 7.77. The van der Waals surface area contributed by atoms with Crippen LogP contribution in [0.5, 0.6) is 0 Å². The molecule has 1 aromatic carbocycles. The molecule has 0 aliphatic rings. The maximum atomic E-state index is 12.1. The molecule has 0 bridgehead atoms. The smallest absolute Gasteiger partial charge is 0.230 e. The Kier molecular flexibility index (Phi) is 6.15. The van der Waals surface area contributed by atoms with Crippen LogP contribution in [-0.4, -0.2) is 18.2 Å². The van der Waals surface area contributed by atoms with Gasteiger partial charge in [-0.1, -0.05) is 30.3 Å². The zero-order valence-corrected chi connectivity index (χ0v) is 14.8. The Morgan fingerprint density at radius 3 is 2.75 bits per heavy atom. The quantitative estimate of drug-likeness (QED) is 0.644. The van der Waals surface area contributed by atoms with E-state index in [0.717, 1.165) is 11.5 Å². The van der Waals surface area contributed by atoms with Crippen molar-refractivity contribution in [3.05, 3.63) is 82.4 Å². The van der Waals surface area contributed by atoms with E-state index in [2.05, 4.69) is 28.9 Å². The molecule has 0 saturated heterocycles. The van der Waals surface area contributed by atoms with Gasteiger partial charge in [0.1, 0.15) is 5.76 Å². The number of rotatable bonds is 8. The fourth-order valence-corrected chi connectivity index (χ4v) is 3.98. The monoisotopic (exact) mass is 357 g/mol. The van der Waals surface area contributed by atoms with Gasteiger partial charge in [-0.3, -0.25) is 4.79 Å². The van der Waals surface area contributed by atoms with Crippen molar-refractivity contribution in [1.82, 2.24) is 5.32 Å². The molecular formula is C19H19NO2S2. The molecule has 0 saturated carbocycles. The number of nitrogens with one attached hydrogen (secondary N) is 1. The number of hydrogen-bond donors (Lipinski definition) is 1. The predicted molar refractivity (Wildman–Crippen MR) is 100 cm³/mol. The Labute approximate surface area is 150 Å². The van der Waals surface area contributed by atoms with Crippen LogP contribution in [0.15, 0.2) is 70.0 Å². The van der Waals surface area contributed by atoms with Crippen molar-refractivity contribution in [3.8, 4) is 0 Å². The average Bonchev–Trinajstić information content (AvgIpc) is 3.30. The number of carbonyl (C=O) groups excluding carboxylic acids is 1. The summed E-state index contributed by atoms with van der Waals surface area (Å²) >= 11 is 3.28. The molecule has 2 aromatic heterocycles. The van der Waals surface area contributed by atoms with Crippen molar-refractivity contribution in [2.45, 2.75) is 11.7 Å². The Hall–Kier alpha value is -1.98. The molecule has 0 aliphatic carbocycles. The van der Waals surface area contributed by atoms with Gasteiger partial charge in [0.25, 0.3) is 0 Å². The van der Waals surface area contributed by atoms with Gasteiger partial charge in [0.2, 0.25) is 5.91 Å². The van der Waals surface area contributed by atoms with Crippen LogP contribution in [0.2, 0.25) is 0 Å². The summed E-state index contributed by atoms with van der Waals surface area (Å²) in [4.78, 5) is 12.1. The highest BCUT2D eigenvalue weighted by Gasteiger charge is 2.18. The second-order valence-electron chi connectivity index (χ2n) is 5.41. The third-order valence-electron chi connectivity index (χ3n) is 3.68. The van der Waals surface area contributed by atoms with Gasteiger partial charge in [0.05, 0.1) is 17.9 Å². The molecule has 1 atom stereocenters. The predicted octanol–water partition coefficient (Wildman–Crippen LogP) is 4.52. The van der Waals surface area contributed by atoms with Crippen LogP contribution >= 0.6 is 23.1 Å². The SMILES string of the molecule is O=C(CSCc1ccccc1)NCC(c1ccsc1)c1ccco1. The molecule has 0 radical (unpaired) electrons. The molecule has 1 N–H and O–H groups in total. The van der Waals surface area contributed by atoms with Crippen LogP contribution in [0.25, 0.3) is 0 Å². The van der Waals surface area contributed by atoms with Crippen molar-refractivity contribution in [3.63, 3.8) is 0 Å². The number of hydrogen-bond acceptors (Lipinski definition) is 4. The average molecular weight is 358 g/mol. The van der Waals surface area contributed by atoms with Crippen LogP contribution < -0.4 is 5.32 Å². The first-order chi connectivity index (χ1) is 11.8. The van der Waals surface area contributed by atoms with Crippen molar-refractivity contribution >= 4 is 29.0 Å². The standard InChI is InChI=1S/C19H19NO2S2/c21-19(14-24-12-15-5-2-1-3-6-15)20-11-17(16-8-10-23-13-16)18-7-4-9-22-18/h1-10,13,17H,11-12,14H2,(H,20,21). The Morgan fingerprint density at radius 1 is 1.17 bits per heavy atom. The largest absolute Gasteiger partial charge is 0.469 e. The van der Waals surface area contributed by atoms with E-state index in [9.17, 15) is 4.79 Å². The van der Waals surface area contributed by atoms with Gasteiger partial charge in [-0.25, -0.2) is 0 Å². The Balaban J connectivity index is 1.49. The fraction of sp³-hybridized carbons (Fsp3) is 0.211. The van der Waals surface area contributed by atoms with Gasteiger partial charge in [-0.2, -0.15) is 11.3 Å². The van der Waals surface area contributed by atoms with Gasteiger partial charge in [-0.05, 0) is 40.1 Å². The molecule has 3 rings (SSSR count). The summed E-state index contributed by atoms with van der Waals surface area (Å²) in [6, 6.07) is 16.1. The lowest BCUT2D eigenvalue weighted by atomic mass is 9.99. The molecular weight excluding hydrogens is 338 g/mol. The summed E-state index contributed by atoms with van der Waals surface area (Å²) in [5.41, 5.74) is 2.41. The van der Waals surface area contributed by atoms with Crippen LogP contribution in [0.1, 0.15) is 22.8 Å². The fourth-order valence-electron chi connectivity index (χ4n) is 2.45. The zero-order valence-electron chi connectivity index (χ0n) is 13.2. The number of carbonyl (C=O) groups is 1. The van der Waals surface area contributed by atoms with Gasteiger partial charge in [-0.15, -0.1) is 11.8 Å². The molecule has 5 heteroatoms. The molecule has 0 fully saturated rings. The van der Waals surface area contributed by atoms with Gasteiger partial charge < -0.3 is 9.73 Å². The highest BCUT2D eigenvalue weighted by Crippen LogP contribution is 2.26. The molecule has 3 nitrogen and oxygen atoms in total. The lowest BCUT2D eigenvalue weighted by Gasteiger charge is -2.14. The Morgan fingerprint density at radius 2 is 2.04 bits per heavy atom. The highest BCUT2D eigenvalue weighted by atomic mass is 32.2. The lowest BCUT2D eigenvalue weighted by Crippen LogP contribution is -2.30. The number of benzene rings is 1. The minimum absolute atomic E-state index is 0.0581. The third kappa shape index (κ3) is 4.76. The summed E-state index contributed by atoms with van der Waals surface area (Å²) in [6.45, 7) is 0.551. The minimum atomic E-state index is 0.0581. The zero-order chi connectivity index (χ0) is 16.6. The van der Waals surface area contributed by atoms with Crippen molar-refractivity contribution < 1.29 is 9.21 Å². The molecule has 124 valence electrons. The van der Waals surface area contributed by atoms with Gasteiger partial charge in [0.15, 0.2) is 0 Å².